The van der Waals surface area contributed by atoms with Gasteiger partial charge in [0.1, 0.15) is 5.25 Å². The molecule has 1 aromatic rings. The predicted octanol–water partition coefficient (Wildman–Crippen LogP) is 2.51. The first-order chi connectivity index (χ1) is 8.29. The first kappa shape index (κ1) is 13.8. The molecule has 2 rings (SSSR count). The zero-order valence-corrected chi connectivity index (χ0v) is 12.1. The van der Waals surface area contributed by atoms with Crippen LogP contribution < -0.4 is 4.90 Å². The highest BCUT2D eigenvalue weighted by atomic mass is 79.9. The Morgan fingerprint density at radius 3 is 2.61 bits per heavy atom. The molecule has 0 N–H and O–H groups in total. The molecule has 0 saturated carbocycles. The zero-order valence-electron chi connectivity index (χ0n) is 8.94. The molecule has 1 atom stereocenters. The van der Waals surface area contributed by atoms with Crippen molar-refractivity contribution in [2.45, 2.75) is 11.7 Å². The van der Waals surface area contributed by atoms with Crippen molar-refractivity contribution in [3.8, 4) is 0 Å². The second kappa shape index (κ2) is 4.79. The Kier molecular flexibility index (Phi) is 3.66. The molecule has 1 saturated heterocycles. The van der Waals surface area contributed by atoms with E-state index in [0.29, 0.717) is 15.2 Å². The molecule has 1 aromatic carbocycles. The number of anilines is 1. The Hall–Kier alpha value is -0.660. The minimum absolute atomic E-state index is 0.185. The quantitative estimate of drug-likeness (QED) is 0.765. The molecule has 1 unspecified atom stereocenters. The van der Waals surface area contributed by atoms with Crippen molar-refractivity contribution in [1.82, 2.24) is 0 Å². The average Bonchev–Trinajstić information content (AvgIpc) is 2.64. The van der Waals surface area contributed by atoms with Crippen LogP contribution in [0.3, 0.4) is 0 Å². The van der Waals surface area contributed by atoms with Gasteiger partial charge in [-0.2, -0.15) is 8.42 Å². The maximum absolute atomic E-state index is 12.9. The zero-order chi connectivity index (χ0) is 13.5. The third-order valence-electron chi connectivity index (χ3n) is 2.70. The lowest BCUT2D eigenvalue weighted by Gasteiger charge is -2.16. The molecule has 8 heteroatoms. The van der Waals surface area contributed by atoms with E-state index in [4.69, 9.17) is 11.6 Å². The third-order valence-corrected chi connectivity index (χ3v) is 5.05. The Morgan fingerprint density at radius 1 is 1.44 bits per heavy atom. The lowest BCUT2D eigenvalue weighted by Crippen LogP contribution is -2.26. The minimum Gasteiger partial charge on any atom is -0.311 e. The maximum atomic E-state index is 12.9. The van der Waals surface area contributed by atoms with Crippen LogP contribution in [0, 0.1) is 0 Å². The number of amides is 1. The van der Waals surface area contributed by atoms with Crippen molar-refractivity contribution in [3.05, 3.63) is 27.7 Å². The molecule has 0 bridgehead atoms. The molecule has 0 aliphatic carbocycles. The number of halogens is 3. The van der Waals surface area contributed by atoms with Gasteiger partial charge in [-0.05, 0) is 34.1 Å². The Morgan fingerprint density at radius 2 is 2.11 bits per heavy atom. The molecule has 18 heavy (non-hydrogen) atoms. The molecular formula is C10H8BrClFNO3S. The van der Waals surface area contributed by atoms with Gasteiger partial charge in [-0.25, -0.2) is 0 Å². The second-order valence-corrected chi connectivity index (χ2v) is 6.78. The smallest absolute Gasteiger partial charge is 0.307 e. The average molecular weight is 357 g/mol. The molecular weight excluding hydrogens is 349 g/mol. The summed E-state index contributed by atoms with van der Waals surface area (Å²) in [5.74, 6) is -0.431. The van der Waals surface area contributed by atoms with Gasteiger partial charge in [-0.1, -0.05) is 11.6 Å². The van der Waals surface area contributed by atoms with Gasteiger partial charge in [0.25, 0.3) is 0 Å². The standard InChI is InChI=1S/C10H8BrClFNO3S/c11-8-2-1-6(3-9(8)12)14-5-7(4-10(14)15)18(13,16)17/h1-3,7H,4-5H2. The first-order valence-electron chi connectivity index (χ1n) is 4.98. The molecule has 1 aliphatic heterocycles. The molecule has 0 aromatic heterocycles. The molecule has 1 amide bonds. The fourth-order valence-electron chi connectivity index (χ4n) is 1.77. The van der Waals surface area contributed by atoms with E-state index in [2.05, 4.69) is 15.9 Å². The predicted molar refractivity (Wildman–Crippen MR) is 69.9 cm³/mol. The van der Waals surface area contributed by atoms with E-state index in [0.717, 1.165) is 0 Å². The lowest BCUT2D eigenvalue weighted by molar-refractivity contribution is -0.117. The van der Waals surface area contributed by atoms with Crippen LogP contribution in [0.15, 0.2) is 22.7 Å². The summed E-state index contributed by atoms with van der Waals surface area (Å²) >= 11 is 9.09. The Labute approximate surface area is 117 Å². The summed E-state index contributed by atoms with van der Waals surface area (Å²) in [5, 5.41) is -0.903. The molecule has 1 heterocycles. The SMILES string of the molecule is O=C1CC(S(=O)(=O)F)CN1c1ccc(Br)c(Cl)c1. The molecule has 1 fully saturated rings. The van der Waals surface area contributed by atoms with Gasteiger partial charge in [0.15, 0.2) is 0 Å². The van der Waals surface area contributed by atoms with E-state index >= 15 is 0 Å². The van der Waals surface area contributed by atoms with E-state index < -0.39 is 21.4 Å². The normalized spacial score (nSPS) is 20.5. The summed E-state index contributed by atoms with van der Waals surface area (Å²) in [5.41, 5.74) is 0.458. The molecule has 4 nitrogen and oxygen atoms in total. The summed E-state index contributed by atoms with van der Waals surface area (Å²) in [6.45, 7) is -0.185. The van der Waals surface area contributed by atoms with Crippen molar-refractivity contribution in [2.75, 3.05) is 11.4 Å². The number of carbonyl (C=O) groups excluding carboxylic acids is 1. The van der Waals surface area contributed by atoms with Crippen LogP contribution in [-0.4, -0.2) is 26.1 Å². The number of hydrogen-bond acceptors (Lipinski definition) is 3. The van der Waals surface area contributed by atoms with Crippen LogP contribution in [0.25, 0.3) is 0 Å². The van der Waals surface area contributed by atoms with Crippen molar-refractivity contribution in [1.29, 1.82) is 0 Å². The monoisotopic (exact) mass is 355 g/mol. The number of nitrogens with zero attached hydrogens (tertiary/aromatic N) is 1. The van der Waals surface area contributed by atoms with Crippen LogP contribution in [0.1, 0.15) is 6.42 Å². The van der Waals surface area contributed by atoms with Crippen molar-refractivity contribution in [2.24, 2.45) is 0 Å². The largest absolute Gasteiger partial charge is 0.311 e. The Bertz CT molecular complexity index is 607. The van der Waals surface area contributed by atoms with Gasteiger partial charge in [-0.15, -0.1) is 3.89 Å². The minimum atomic E-state index is -4.70. The lowest BCUT2D eigenvalue weighted by atomic mass is 10.3. The van der Waals surface area contributed by atoms with Crippen LogP contribution in [-0.2, 0) is 15.0 Å². The second-order valence-electron chi connectivity index (χ2n) is 3.90. The topological polar surface area (TPSA) is 54.5 Å². The van der Waals surface area contributed by atoms with Crippen molar-refractivity contribution in [3.63, 3.8) is 0 Å². The van der Waals surface area contributed by atoms with E-state index in [1.54, 1.807) is 12.1 Å². The summed E-state index contributed by atoms with van der Waals surface area (Å²) in [4.78, 5) is 12.9. The van der Waals surface area contributed by atoms with Gasteiger partial charge in [-0.3, -0.25) is 4.79 Å². The fourth-order valence-corrected chi connectivity index (χ4v) is 2.86. The van der Waals surface area contributed by atoms with Gasteiger partial charge < -0.3 is 4.90 Å². The van der Waals surface area contributed by atoms with Crippen molar-refractivity contribution >= 4 is 49.3 Å². The highest BCUT2D eigenvalue weighted by molar-refractivity contribution is 9.10. The molecule has 0 radical (unpaired) electrons. The molecule has 98 valence electrons. The van der Waals surface area contributed by atoms with Crippen LogP contribution in [0.5, 0.6) is 0 Å². The van der Waals surface area contributed by atoms with Gasteiger partial charge in [0, 0.05) is 23.1 Å². The molecule has 0 spiro atoms. The van der Waals surface area contributed by atoms with E-state index in [1.807, 2.05) is 0 Å². The highest BCUT2D eigenvalue weighted by Gasteiger charge is 2.39. The van der Waals surface area contributed by atoms with E-state index in [1.165, 1.54) is 11.0 Å². The van der Waals surface area contributed by atoms with E-state index in [-0.39, 0.29) is 13.0 Å². The first-order valence-corrected chi connectivity index (χ1v) is 7.59. The van der Waals surface area contributed by atoms with Gasteiger partial charge in [0.2, 0.25) is 5.91 Å². The van der Waals surface area contributed by atoms with Crippen LogP contribution >= 0.6 is 27.5 Å². The van der Waals surface area contributed by atoms with Gasteiger partial charge in [0.05, 0.1) is 5.02 Å². The Balaban J connectivity index is 2.30. The summed E-state index contributed by atoms with van der Waals surface area (Å²) in [7, 11) is -4.70. The highest BCUT2D eigenvalue weighted by Crippen LogP contribution is 2.31. The number of hydrogen-bond donors (Lipinski definition) is 0. The third kappa shape index (κ3) is 2.67. The number of benzene rings is 1. The maximum Gasteiger partial charge on any atom is 0.307 e. The number of rotatable bonds is 2. The van der Waals surface area contributed by atoms with Crippen molar-refractivity contribution < 1.29 is 17.1 Å². The summed E-state index contributed by atoms with van der Waals surface area (Å²) < 4.78 is 35.1. The summed E-state index contributed by atoms with van der Waals surface area (Å²) in [6, 6.07) is 4.78. The fraction of sp³-hybridized carbons (Fsp3) is 0.300. The van der Waals surface area contributed by atoms with Gasteiger partial charge >= 0.3 is 10.2 Å². The molecule has 1 aliphatic rings. The van der Waals surface area contributed by atoms with Crippen LogP contribution in [0.2, 0.25) is 5.02 Å². The van der Waals surface area contributed by atoms with Crippen LogP contribution in [0.4, 0.5) is 9.57 Å². The van der Waals surface area contributed by atoms with E-state index in [9.17, 15) is 17.1 Å². The number of carbonyl (C=O) groups is 1. The summed E-state index contributed by atoms with van der Waals surface area (Å²) in [6.07, 6.45) is -0.341.